The van der Waals surface area contributed by atoms with Crippen molar-refractivity contribution in [2.75, 3.05) is 0 Å². The molecule has 2 N–H and O–H groups in total. The zero-order valence-electron chi connectivity index (χ0n) is 10.3. The van der Waals surface area contributed by atoms with Crippen LogP contribution in [0, 0.1) is 0 Å². The first kappa shape index (κ1) is 14.2. The summed E-state index contributed by atoms with van der Waals surface area (Å²) in [7, 11) is 0. The van der Waals surface area contributed by atoms with Gasteiger partial charge in [-0.3, -0.25) is 9.59 Å². The molecule has 0 saturated carbocycles. The van der Waals surface area contributed by atoms with Gasteiger partial charge in [0.15, 0.2) is 5.78 Å². The molecule has 98 valence electrons. The maximum absolute atomic E-state index is 11.7. The molecule has 0 amide bonds. The number of benzene rings is 1. The van der Waals surface area contributed by atoms with Crippen LogP contribution in [-0.4, -0.2) is 22.0 Å². The van der Waals surface area contributed by atoms with Crippen LogP contribution in [0.25, 0.3) is 0 Å². The van der Waals surface area contributed by atoms with Gasteiger partial charge in [-0.15, -0.1) is 0 Å². The van der Waals surface area contributed by atoms with Crippen LogP contribution in [0.15, 0.2) is 24.3 Å². The number of aliphatic carboxylic acids is 1. The Labute approximate surface area is 106 Å². The van der Waals surface area contributed by atoms with Crippen LogP contribution in [0.2, 0.25) is 0 Å². The van der Waals surface area contributed by atoms with Crippen molar-refractivity contribution >= 4 is 11.8 Å². The van der Waals surface area contributed by atoms with E-state index in [1.807, 2.05) is 0 Å². The molecule has 0 bridgehead atoms. The summed E-state index contributed by atoms with van der Waals surface area (Å²) in [6, 6.07) is 6.23. The summed E-state index contributed by atoms with van der Waals surface area (Å²) in [6.45, 7) is 0. The van der Waals surface area contributed by atoms with E-state index in [1.165, 1.54) is 12.1 Å². The third kappa shape index (κ3) is 5.48. The van der Waals surface area contributed by atoms with Gasteiger partial charge < -0.3 is 10.2 Å². The Hall–Kier alpha value is -1.84. The smallest absolute Gasteiger partial charge is 0.303 e. The quantitative estimate of drug-likeness (QED) is 0.549. The number of hydrogen-bond donors (Lipinski definition) is 2. The van der Waals surface area contributed by atoms with Crippen LogP contribution >= 0.6 is 0 Å². The number of phenols is 1. The summed E-state index contributed by atoms with van der Waals surface area (Å²) < 4.78 is 0. The number of aromatic hydroxyl groups is 1. The number of ketones is 1. The van der Waals surface area contributed by atoms with Gasteiger partial charge in [0.1, 0.15) is 5.75 Å². The summed E-state index contributed by atoms with van der Waals surface area (Å²) >= 11 is 0. The molecule has 0 atom stereocenters. The molecule has 0 fully saturated rings. The highest BCUT2D eigenvalue weighted by Crippen LogP contribution is 2.13. The summed E-state index contributed by atoms with van der Waals surface area (Å²) in [4.78, 5) is 22.0. The molecule has 0 aliphatic rings. The summed E-state index contributed by atoms with van der Waals surface area (Å²) in [6.07, 6.45) is 3.83. The third-order valence-corrected chi connectivity index (χ3v) is 2.73. The predicted molar refractivity (Wildman–Crippen MR) is 67.8 cm³/mol. The average molecular weight is 250 g/mol. The molecule has 1 aromatic carbocycles. The van der Waals surface area contributed by atoms with Crippen molar-refractivity contribution < 1.29 is 19.8 Å². The van der Waals surface area contributed by atoms with E-state index < -0.39 is 5.97 Å². The molecule has 1 aromatic rings. The average Bonchev–Trinajstić information content (AvgIpc) is 2.34. The first-order valence-electron chi connectivity index (χ1n) is 6.13. The van der Waals surface area contributed by atoms with Crippen LogP contribution in [0.4, 0.5) is 0 Å². The second-order valence-electron chi connectivity index (χ2n) is 4.28. The molecule has 0 unspecified atom stereocenters. The lowest BCUT2D eigenvalue weighted by Gasteiger charge is -2.01. The van der Waals surface area contributed by atoms with Crippen molar-refractivity contribution in [2.45, 2.75) is 38.5 Å². The fourth-order valence-corrected chi connectivity index (χ4v) is 1.71. The molecule has 0 aliphatic carbocycles. The first-order chi connectivity index (χ1) is 8.59. The number of rotatable bonds is 8. The standard InChI is InChI=1S/C14H18O4/c15-12-9-7-11(8-10-12)13(16)5-3-1-2-4-6-14(17)18/h7-10,15H,1-6H2,(H,17,18). The largest absolute Gasteiger partial charge is 0.508 e. The highest BCUT2D eigenvalue weighted by molar-refractivity contribution is 5.96. The molecule has 18 heavy (non-hydrogen) atoms. The van der Waals surface area contributed by atoms with E-state index in [9.17, 15) is 9.59 Å². The fourth-order valence-electron chi connectivity index (χ4n) is 1.71. The highest BCUT2D eigenvalue weighted by Gasteiger charge is 2.05. The van der Waals surface area contributed by atoms with E-state index >= 15 is 0 Å². The van der Waals surface area contributed by atoms with Gasteiger partial charge in [0.25, 0.3) is 0 Å². The zero-order valence-corrected chi connectivity index (χ0v) is 10.3. The molecule has 0 radical (unpaired) electrons. The Balaban J connectivity index is 2.17. The van der Waals surface area contributed by atoms with Gasteiger partial charge in [0.2, 0.25) is 0 Å². The molecule has 0 aromatic heterocycles. The Morgan fingerprint density at radius 2 is 1.44 bits per heavy atom. The Bertz CT molecular complexity index is 395. The molecular formula is C14H18O4. The van der Waals surface area contributed by atoms with Gasteiger partial charge in [-0.05, 0) is 37.1 Å². The lowest BCUT2D eigenvalue weighted by atomic mass is 10.0. The van der Waals surface area contributed by atoms with Gasteiger partial charge in [-0.2, -0.15) is 0 Å². The van der Waals surface area contributed by atoms with E-state index in [-0.39, 0.29) is 18.0 Å². The number of carboxylic acid groups (broad SMARTS) is 1. The molecule has 4 nitrogen and oxygen atoms in total. The Morgan fingerprint density at radius 3 is 2.00 bits per heavy atom. The molecule has 0 spiro atoms. The van der Waals surface area contributed by atoms with E-state index in [1.54, 1.807) is 12.1 Å². The maximum Gasteiger partial charge on any atom is 0.303 e. The summed E-state index contributed by atoms with van der Waals surface area (Å²) in [5.41, 5.74) is 0.610. The van der Waals surface area contributed by atoms with E-state index in [0.29, 0.717) is 18.4 Å². The Morgan fingerprint density at radius 1 is 0.889 bits per heavy atom. The number of unbranched alkanes of at least 4 members (excludes halogenated alkanes) is 3. The van der Waals surface area contributed by atoms with Crippen molar-refractivity contribution in [2.24, 2.45) is 0 Å². The van der Waals surface area contributed by atoms with E-state index in [2.05, 4.69) is 0 Å². The molecule has 0 heterocycles. The van der Waals surface area contributed by atoms with E-state index in [0.717, 1.165) is 19.3 Å². The number of Topliss-reactive ketones (excluding diaryl/α,β-unsaturated/α-hetero) is 1. The minimum absolute atomic E-state index is 0.0632. The fraction of sp³-hybridized carbons (Fsp3) is 0.429. The van der Waals surface area contributed by atoms with Crippen LogP contribution in [0.5, 0.6) is 5.75 Å². The second-order valence-corrected chi connectivity index (χ2v) is 4.28. The highest BCUT2D eigenvalue weighted by atomic mass is 16.4. The van der Waals surface area contributed by atoms with Gasteiger partial charge in [-0.25, -0.2) is 0 Å². The first-order valence-corrected chi connectivity index (χ1v) is 6.13. The van der Waals surface area contributed by atoms with Gasteiger partial charge in [-0.1, -0.05) is 12.8 Å². The lowest BCUT2D eigenvalue weighted by Crippen LogP contribution is -1.98. The zero-order chi connectivity index (χ0) is 13.4. The number of carbonyl (C=O) groups is 2. The van der Waals surface area contributed by atoms with Crippen LogP contribution in [0.3, 0.4) is 0 Å². The van der Waals surface area contributed by atoms with Gasteiger partial charge >= 0.3 is 5.97 Å². The third-order valence-electron chi connectivity index (χ3n) is 2.73. The topological polar surface area (TPSA) is 74.6 Å². The number of phenolic OH excluding ortho intramolecular Hbond substituents is 1. The van der Waals surface area contributed by atoms with Gasteiger partial charge in [0, 0.05) is 18.4 Å². The van der Waals surface area contributed by atoms with Crippen LogP contribution < -0.4 is 0 Å². The molecular weight excluding hydrogens is 232 g/mol. The second kappa shape index (κ2) is 7.48. The normalized spacial score (nSPS) is 10.2. The molecule has 0 aliphatic heterocycles. The lowest BCUT2D eigenvalue weighted by molar-refractivity contribution is -0.137. The summed E-state index contributed by atoms with van der Waals surface area (Å²) in [5.74, 6) is -0.552. The molecule has 4 heteroatoms. The SMILES string of the molecule is O=C(O)CCCCCCC(=O)c1ccc(O)cc1. The van der Waals surface area contributed by atoms with Crippen molar-refractivity contribution in [3.63, 3.8) is 0 Å². The van der Waals surface area contributed by atoms with Crippen LogP contribution in [-0.2, 0) is 4.79 Å². The maximum atomic E-state index is 11.7. The Kier molecular flexibility index (Phi) is 5.91. The van der Waals surface area contributed by atoms with Crippen LogP contribution in [0.1, 0.15) is 48.9 Å². The van der Waals surface area contributed by atoms with E-state index in [4.69, 9.17) is 10.2 Å². The van der Waals surface area contributed by atoms with Crippen molar-refractivity contribution in [3.05, 3.63) is 29.8 Å². The minimum atomic E-state index is -0.768. The molecule has 0 saturated heterocycles. The van der Waals surface area contributed by atoms with Gasteiger partial charge in [0.05, 0.1) is 0 Å². The molecule has 1 rings (SSSR count). The number of carbonyl (C=O) groups excluding carboxylic acids is 1. The van der Waals surface area contributed by atoms with Crippen molar-refractivity contribution in [1.29, 1.82) is 0 Å². The number of carboxylic acids is 1. The summed E-state index contributed by atoms with van der Waals surface area (Å²) in [5, 5.41) is 17.6. The van der Waals surface area contributed by atoms with Crippen molar-refractivity contribution in [1.82, 2.24) is 0 Å². The predicted octanol–water partition coefficient (Wildman–Crippen LogP) is 3.00. The van der Waals surface area contributed by atoms with Crippen molar-refractivity contribution in [3.8, 4) is 5.75 Å². The monoisotopic (exact) mass is 250 g/mol. The minimum Gasteiger partial charge on any atom is -0.508 e. The number of hydrogen-bond acceptors (Lipinski definition) is 3.